The maximum Gasteiger partial charge on any atom is 0.223 e. The minimum absolute atomic E-state index is 0. The molecule has 3 nitrogen and oxygen atoms in total. The summed E-state index contributed by atoms with van der Waals surface area (Å²) in [6.07, 6.45) is 14.2. The molecule has 4 aliphatic rings. The molecule has 0 spiro atoms. The lowest BCUT2D eigenvalue weighted by Crippen LogP contribution is -2.50. The van der Waals surface area contributed by atoms with E-state index in [-0.39, 0.29) is 12.4 Å². The number of hydrogen-bond donors (Lipinski definition) is 2. The van der Waals surface area contributed by atoms with E-state index in [1.807, 2.05) is 0 Å². The van der Waals surface area contributed by atoms with Crippen LogP contribution in [0.1, 0.15) is 70.6 Å². The highest BCUT2D eigenvalue weighted by atomic mass is 35.5. The third-order valence-corrected chi connectivity index (χ3v) is 6.73. The average Bonchev–Trinajstić information content (AvgIpc) is 2.85. The van der Waals surface area contributed by atoms with Gasteiger partial charge in [0.2, 0.25) is 5.91 Å². The monoisotopic (exact) mass is 326 g/mol. The standard InChI is InChI=1S/C18H30N2O.ClH/c21-18(20-17-10-15-7-8-16(11-17)19-15)14-6-5-12-3-1-2-4-13(12)9-14;/h12-17,19H,1-11H2,(H,20,21);1H. The van der Waals surface area contributed by atoms with E-state index in [0.717, 1.165) is 31.1 Å². The van der Waals surface area contributed by atoms with E-state index in [2.05, 4.69) is 10.6 Å². The van der Waals surface area contributed by atoms with Crippen LogP contribution >= 0.6 is 12.4 Å². The molecule has 4 rings (SSSR count). The summed E-state index contributed by atoms with van der Waals surface area (Å²) in [5.74, 6) is 2.49. The Morgan fingerprint density at radius 2 is 1.50 bits per heavy atom. The second-order valence-electron chi connectivity index (χ2n) is 8.13. The highest BCUT2D eigenvalue weighted by Crippen LogP contribution is 2.42. The van der Waals surface area contributed by atoms with Gasteiger partial charge in [0.1, 0.15) is 0 Å². The fraction of sp³-hybridized carbons (Fsp3) is 0.944. The van der Waals surface area contributed by atoms with Crippen molar-refractivity contribution in [2.24, 2.45) is 17.8 Å². The zero-order chi connectivity index (χ0) is 14.2. The molecular formula is C18H31ClN2O. The van der Waals surface area contributed by atoms with Crippen molar-refractivity contribution in [1.82, 2.24) is 10.6 Å². The molecule has 0 aromatic heterocycles. The molecular weight excluding hydrogens is 296 g/mol. The Hall–Kier alpha value is -0.280. The van der Waals surface area contributed by atoms with Crippen molar-refractivity contribution in [2.75, 3.05) is 0 Å². The number of carbonyl (C=O) groups is 1. The molecule has 126 valence electrons. The van der Waals surface area contributed by atoms with Crippen LogP contribution < -0.4 is 10.6 Å². The first-order chi connectivity index (χ1) is 10.3. The van der Waals surface area contributed by atoms with E-state index in [1.54, 1.807) is 0 Å². The summed E-state index contributed by atoms with van der Waals surface area (Å²) >= 11 is 0. The summed E-state index contributed by atoms with van der Waals surface area (Å²) in [6.45, 7) is 0. The molecule has 0 radical (unpaired) electrons. The lowest BCUT2D eigenvalue weighted by molar-refractivity contribution is -0.128. The normalized spacial score (nSPS) is 43.8. The number of carbonyl (C=O) groups excluding carboxylic acids is 1. The molecule has 2 aliphatic carbocycles. The fourth-order valence-electron chi connectivity index (χ4n) is 5.61. The number of piperidine rings is 1. The van der Waals surface area contributed by atoms with Crippen LogP contribution in [-0.2, 0) is 4.79 Å². The molecule has 0 aromatic rings. The molecule has 4 heteroatoms. The lowest BCUT2D eigenvalue weighted by Gasteiger charge is -2.39. The van der Waals surface area contributed by atoms with Crippen LogP contribution in [0.4, 0.5) is 0 Å². The number of rotatable bonds is 2. The first-order valence-corrected chi connectivity index (χ1v) is 9.34. The Labute approximate surface area is 140 Å². The van der Waals surface area contributed by atoms with Crippen LogP contribution in [-0.4, -0.2) is 24.0 Å². The van der Waals surface area contributed by atoms with E-state index >= 15 is 0 Å². The molecule has 2 saturated heterocycles. The van der Waals surface area contributed by atoms with Crippen LogP contribution in [0.5, 0.6) is 0 Å². The smallest absolute Gasteiger partial charge is 0.223 e. The Bertz CT molecular complexity index is 391. The second kappa shape index (κ2) is 7.09. The molecule has 2 aliphatic heterocycles. The van der Waals surface area contributed by atoms with Crippen molar-refractivity contribution < 1.29 is 4.79 Å². The Morgan fingerprint density at radius 3 is 2.23 bits per heavy atom. The molecule has 2 N–H and O–H groups in total. The molecule has 5 unspecified atom stereocenters. The largest absolute Gasteiger partial charge is 0.353 e. The van der Waals surface area contributed by atoms with E-state index in [4.69, 9.17) is 0 Å². The van der Waals surface area contributed by atoms with Crippen LogP contribution in [0, 0.1) is 17.8 Å². The zero-order valence-electron chi connectivity index (χ0n) is 13.6. The molecule has 22 heavy (non-hydrogen) atoms. The molecule has 0 aromatic carbocycles. The van der Waals surface area contributed by atoms with E-state index in [1.165, 1.54) is 51.4 Å². The van der Waals surface area contributed by atoms with Gasteiger partial charge < -0.3 is 10.6 Å². The summed E-state index contributed by atoms with van der Waals surface area (Å²) in [5.41, 5.74) is 0. The molecule has 5 atom stereocenters. The molecule has 2 heterocycles. The number of fused-ring (bicyclic) bond motifs is 3. The lowest BCUT2D eigenvalue weighted by atomic mass is 9.67. The fourth-order valence-corrected chi connectivity index (χ4v) is 5.61. The van der Waals surface area contributed by atoms with Crippen molar-refractivity contribution in [1.29, 1.82) is 0 Å². The average molecular weight is 327 g/mol. The molecule has 4 fully saturated rings. The first-order valence-electron chi connectivity index (χ1n) is 9.34. The SMILES string of the molecule is Cl.O=C(NC1CC2CCC(C1)N2)C1CCC2CCCCC2C1. The summed E-state index contributed by atoms with van der Waals surface area (Å²) in [5, 5.41) is 7.06. The second-order valence-corrected chi connectivity index (χ2v) is 8.13. The van der Waals surface area contributed by atoms with Gasteiger partial charge in [-0.1, -0.05) is 25.7 Å². The first kappa shape index (κ1) is 16.6. The van der Waals surface area contributed by atoms with Crippen molar-refractivity contribution in [3.05, 3.63) is 0 Å². The van der Waals surface area contributed by atoms with Crippen LogP contribution in [0.15, 0.2) is 0 Å². The van der Waals surface area contributed by atoms with Crippen molar-refractivity contribution >= 4 is 18.3 Å². The minimum atomic E-state index is 0. The predicted molar refractivity (Wildman–Crippen MR) is 91.1 cm³/mol. The number of hydrogen-bond acceptors (Lipinski definition) is 2. The number of amides is 1. The number of halogens is 1. The third-order valence-electron chi connectivity index (χ3n) is 6.73. The van der Waals surface area contributed by atoms with Gasteiger partial charge in [-0.15, -0.1) is 12.4 Å². The molecule has 2 saturated carbocycles. The van der Waals surface area contributed by atoms with Gasteiger partial charge >= 0.3 is 0 Å². The summed E-state index contributed by atoms with van der Waals surface area (Å²) in [4.78, 5) is 12.6. The van der Waals surface area contributed by atoms with Gasteiger partial charge in [0.15, 0.2) is 0 Å². The van der Waals surface area contributed by atoms with Crippen LogP contribution in [0.25, 0.3) is 0 Å². The van der Waals surface area contributed by atoms with Gasteiger partial charge in [-0.2, -0.15) is 0 Å². The van der Waals surface area contributed by atoms with Gasteiger partial charge in [-0.25, -0.2) is 0 Å². The summed E-state index contributed by atoms with van der Waals surface area (Å²) in [7, 11) is 0. The molecule has 2 bridgehead atoms. The molecule has 1 amide bonds. The van der Waals surface area contributed by atoms with Gasteiger partial charge in [0.25, 0.3) is 0 Å². The minimum Gasteiger partial charge on any atom is -0.353 e. The number of nitrogens with one attached hydrogen (secondary N) is 2. The van der Waals surface area contributed by atoms with Crippen molar-refractivity contribution in [2.45, 2.75) is 88.8 Å². The van der Waals surface area contributed by atoms with Crippen LogP contribution in [0.3, 0.4) is 0 Å². The quantitative estimate of drug-likeness (QED) is 0.816. The zero-order valence-corrected chi connectivity index (χ0v) is 14.4. The maximum atomic E-state index is 12.6. The van der Waals surface area contributed by atoms with E-state index < -0.39 is 0 Å². The highest BCUT2D eigenvalue weighted by Gasteiger charge is 2.38. The van der Waals surface area contributed by atoms with Crippen molar-refractivity contribution in [3.63, 3.8) is 0 Å². The van der Waals surface area contributed by atoms with E-state index in [0.29, 0.717) is 30.0 Å². The van der Waals surface area contributed by atoms with Gasteiger partial charge in [-0.3, -0.25) is 4.79 Å². The van der Waals surface area contributed by atoms with Gasteiger partial charge in [0.05, 0.1) is 0 Å². The Kier molecular flexibility index (Phi) is 5.34. The van der Waals surface area contributed by atoms with Crippen LogP contribution in [0.2, 0.25) is 0 Å². The predicted octanol–water partition coefficient (Wildman–Crippen LogP) is 3.41. The van der Waals surface area contributed by atoms with Gasteiger partial charge in [-0.05, 0) is 56.8 Å². The maximum absolute atomic E-state index is 12.6. The topological polar surface area (TPSA) is 41.1 Å². The third kappa shape index (κ3) is 3.46. The van der Waals surface area contributed by atoms with E-state index in [9.17, 15) is 4.79 Å². The Balaban J connectivity index is 0.00000144. The highest BCUT2D eigenvalue weighted by molar-refractivity contribution is 5.85. The van der Waals surface area contributed by atoms with Crippen molar-refractivity contribution in [3.8, 4) is 0 Å². The Morgan fingerprint density at radius 1 is 0.818 bits per heavy atom. The summed E-state index contributed by atoms with van der Waals surface area (Å²) in [6, 6.07) is 1.78. The van der Waals surface area contributed by atoms with Gasteiger partial charge in [0, 0.05) is 24.0 Å². The summed E-state index contributed by atoms with van der Waals surface area (Å²) < 4.78 is 0.